The molecule has 0 saturated carbocycles. The third-order valence-corrected chi connectivity index (χ3v) is 5.37. The summed E-state index contributed by atoms with van der Waals surface area (Å²) < 4.78 is 0.990. The Hall–Kier alpha value is -2.84. The lowest BCUT2D eigenvalue weighted by Crippen LogP contribution is -2.13. The second kappa shape index (κ2) is 7.42. The molecule has 2 aromatic carbocycles. The molecule has 1 amide bonds. The first kappa shape index (κ1) is 17.6. The fourth-order valence-electron chi connectivity index (χ4n) is 2.57. The lowest BCUT2D eigenvalue weighted by atomic mass is 10.2. The SMILES string of the molecule is O=C(Nc1ccc2[nH]c(=O)[nH]c2c1)c1cccnc1Sc1ccc(Br)cc1. The molecule has 0 atom stereocenters. The van der Waals surface area contributed by atoms with Crippen LogP contribution in [0.25, 0.3) is 11.0 Å². The van der Waals surface area contributed by atoms with Crippen molar-refractivity contribution in [2.24, 2.45) is 0 Å². The van der Waals surface area contributed by atoms with Crippen molar-refractivity contribution in [1.29, 1.82) is 0 Å². The summed E-state index contributed by atoms with van der Waals surface area (Å²) in [6.07, 6.45) is 1.66. The van der Waals surface area contributed by atoms with Crippen LogP contribution < -0.4 is 11.0 Å². The second-order valence-electron chi connectivity index (χ2n) is 5.71. The molecular formula is C19H13BrN4O2S. The van der Waals surface area contributed by atoms with E-state index in [0.29, 0.717) is 27.3 Å². The van der Waals surface area contributed by atoms with E-state index in [-0.39, 0.29) is 11.6 Å². The molecular weight excluding hydrogens is 428 g/mol. The Balaban J connectivity index is 1.59. The van der Waals surface area contributed by atoms with Crippen LogP contribution in [0.2, 0.25) is 0 Å². The van der Waals surface area contributed by atoms with E-state index in [1.54, 1.807) is 36.5 Å². The van der Waals surface area contributed by atoms with E-state index in [4.69, 9.17) is 0 Å². The van der Waals surface area contributed by atoms with Crippen LogP contribution in [0.1, 0.15) is 10.4 Å². The molecule has 4 rings (SSSR count). The van der Waals surface area contributed by atoms with Crippen LogP contribution in [0.5, 0.6) is 0 Å². The second-order valence-corrected chi connectivity index (χ2v) is 7.68. The van der Waals surface area contributed by atoms with Gasteiger partial charge in [0, 0.05) is 21.3 Å². The minimum Gasteiger partial charge on any atom is -0.322 e. The summed E-state index contributed by atoms with van der Waals surface area (Å²) in [5, 5.41) is 3.48. The predicted octanol–water partition coefficient (Wildman–Crippen LogP) is 4.42. The molecule has 4 aromatic rings. The van der Waals surface area contributed by atoms with Crippen molar-refractivity contribution in [3.63, 3.8) is 0 Å². The number of aromatic amines is 2. The standard InChI is InChI=1S/C19H13BrN4O2S/c20-11-3-6-13(7-4-11)27-18-14(2-1-9-21-18)17(25)22-12-5-8-15-16(10-12)24-19(26)23-15/h1-10H,(H,22,25)(H2,23,24,26). The average molecular weight is 441 g/mol. The van der Waals surface area contributed by atoms with Gasteiger partial charge in [-0.1, -0.05) is 27.7 Å². The zero-order valence-corrected chi connectivity index (χ0v) is 16.2. The van der Waals surface area contributed by atoms with Gasteiger partial charge in [0.05, 0.1) is 16.6 Å². The van der Waals surface area contributed by atoms with Crippen LogP contribution in [0, 0.1) is 0 Å². The van der Waals surface area contributed by atoms with E-state index in [2.05, 4.69) is 36.2 Å². The Morgan fingerprint density at radius 1 is 1.04 bits per heavy atom. The Morgan fingerprint density at radius 3 is 2.63 bits per heavy atom. The van der Waals surface area contributed by atoms with Gasteiger partial charge in [-0.3, -0.25) is 4.79 Å². The van der Waals surface area contributed by atoms with Gasteiger partial charge in [0.1, 0.15) is 5.03 Å². The highest BCUT2D eigenvalue weighted by Gasteiger charge is 2.14. The van der Waals surface area contributed by atoms with Gasteiger partial charge >= 0.3 is 5.69 Å². The van der Waals surface area contributed by atoms with Gasteiger partial charge in [0.2, 0.25) is 0 Å². The van der Waals surface area contributed by atoms with Crippen LogP contribution in [-0.2, 0) is 0 Å². The zero-order chi connectivity index (χ0) is 18.8. The number of nitrogens with one attached hydrogen (secondary N) is 3. The lowest BCUT2D eigenvalue weighted by molar-refractivity contribution is 0.102. The minimum atomic E-state index is -0.283. The normalized spacial score (nSPS) is 10.9. The predicted molar refractivity (Wildman–Crippen MR) is 109 cm³/mol. The molecule has 3 N–H and O–H groups in total. The average Bonchev–Trinajstić information content (AvgIpc) is 3.03. The number of hydrogen-bond donors (Lipinski definition) is 3. The smallest absolute Gasteiger partial charge is 0.322 e. The Morgan fingerprint density at radius 2 is 1.81 bits per heavy atom. The number of amides is 1. The first-order valence-corrected chi connectivity index (χ1v) is 9.61. The van der Waals surface area contributed by atoms with Gasteiger partial charge in [-0.25, -0.2) is 9.78 Å². The molecule has 0 fully saturated rings. The van der Waals surface area contributed by atoms with Gasteiger partial charge in [-0.15, -0.1) is 0 Å². The monoisotopic (exact) mass is 440 g/mol. The highest BCUT2D eigenvalue weighted by Crippen LogP contribution is 2.30. The summed E-state index contributed by atoms with van der Waals surface area (Å²) in [4.78, 5) is 34.8. The van der Waals surface area contributed by atoms with Crippen molar-refractivity contribution >= 4 is 50.3 Å². The van der Waals surface area contributed by atoms with Gasteiger partial charge in [-0.05, 0) is 54.6 Å². The number of anilines is 1. The molecule has 0 aliphatic rings. The summed E-state index contributed by atoms with van der Waals surface area (Å²) in [7, 11) is 0. The molecule has 27 heavy (non-hydrogen) atoms. The molecule has 0 saturated heterocycles. The zero-order valence-electron chi connectivity index (χ0n) is 13.8. The van der Waals surface area contributed by atoms with Crippen LogP contribution >= 0.6 is 27.7 Å². The number of nitrogens with zero attached hydrogens (tertiary/aromatic N) is 1. The highest BCUT2D eigenvalue weighted by molar-refractivity contribution is 9.10. The fourth-order valence-corrected chi connectivity index (χ4v) is 3.71. The molecule has 134 valence electrons. The van der Waals surface area contributed by atoms with Gasteiger partial charge < -0.3 is 15.3 Å². The number of hydrogen-bond acceptors (Lipinski definition) is 4. The molecule has 2 heterocycles. The Bertz CT molecular complexity index is 1180. The van der Waals surface area contributed by atoms with Crippen molar-refractivity contribution < 1.29 is 4.79 Å². The maximum atomic E-state index is 12.8. The van der Waals surface area contributed by atoms with Gasteiger partial charge in [0.25, 0.3) is 5.91 Å². The Kier molecular flexibility index (Phi) is 4.83. The summed E-state index contributed by atoms with van der Waals surface area (Å²) in [5.74, 6) is -0.264. The lowest BCUT2D eigenvalue weighted by Gasteiger charge is -2.09. The van der Waals surface area contributed by atoms with Crippen molar-refractivity contribution in [2.75, 3.05) is 5.32 Å². The van der Waals surface area contributed by atoms with Gasteiger partial charge in [0.15, 0.2) is 0 Å². The highest BCUT2D eigenvalue weighted by atomic mass is 79.9. The first-order valence-electron chi connectivity index (χ1n) is 8.00. The van der Waals surface area contributed by atoms with Crippen LogP contribution in [0.4, 0.5) is 5.69 Å². The molecule has 0 aliphatic heterocycles. The maximum absolute atomic E-state index is 12.8. The third kappa shape index (κ3) is 3.96. The van der Waals surface area contributed by atoms with E-state index in [1.807, 2.05) is 24.3 Å². The van der Waals surface area contributed by atoms with Crippen molar-refractivity contribution in [1.82, 2.24) is 15.0 Å². The number of carbonyl (C=O) groups is 1. The third-order valence-electron chi connectivity index (χ3n) is 3.82. The van der Waals surface area contributed by atoms with E-state index < -0.39 is 0 Å². The van der Waals surface area contributed by atoms with E-state index in [0.717, 1.165) is 9.37 Å². The minimum absolute atomic E-state index is 0.264. The largest absolute Gasteiger partial charge is 0.323 e. The number of carbonyl (C=O) groups excluding carboxylic acids is 1. The van der Waals surface area contributed by atoms with Gasteiger partial charge in [-0.2, -0.15) is 0 Å². The van der Waals surface area contributed by atoms with Crippen molar-refractivity contribution in [3.8, 4) is 0 Å². The summed E-state index contributed by atoms with van der Waals surface area (Å²) in [6, 6.07) is 16.5. The molecule has 0 radical (unpaired) electrons. The van der Waals surface area contributed by atoms with E-state index in [9.17, 15) is 9.59 Å². The fraction of sp³-hybridized carbons (Fsp3) is 0. The molecule has 0 bridgehead atoms. The van der Waals surface area contributed by atoms with Crippen LogP contribution in [0.3, 0.4) is 0 Å². The van der Waals surface area contributed by atoms with Crippen molar-refractivity contribution in [3.05, 3.63) is 81.3 Å². The number of benzene rings is 2. The Labute approximate surface area is 166 Å². The molecule has 6 nitrogen and oxygen atoms in total. The topological polar surface area (TPSA) is 90.6 Å². The number of pyridine rings is 1. The van der Waals surface area contributed by atoms with E-state index in [1.165, 1.54) is 11.8 Å². The van der Waals surface area contributed by atoms with Crippen LogP contribution in [-0.4, -0.2) is 20.9 Å². The van der Waals surface area contributed by atoms with Crippen LogP contribution in [0.15, 0.2) is 80.0 Å². The number of H-pyrrole nitrogens is 2. The number of rotatable bonds is 4. The molecule has 0 aliphatic carbocycles. The first-order chi connectivity index (χ1) is 13.1. The van der Waals surface area contributed by atoms with E-state index >= 15 is 0 Å². The quantitative estimate of drug-likeness (QED) is 0.438. The maximum Gasteiger partial charge on any atom is 0.323 e. The molecule has 0 unspecified atom stereocenters. The number of halogens is 1. The number of fused-ring (bicyclic) bond motifs is 1. The molecule has 8 heteroatoms. The number of imidazole rings is 1. The summed E-state index contributed by atoms with van der Waals surface area (Å²) >= 11 is 4.83. The molecule has 0 spiro atoms. The summed E-state index contributed by atoms with van der Waals surface area (Å²) in [5.41, 5.74) is 2.10. The summed E-state index contributed by atoms with van der Waals surface area (Å²) in [6.45, 7) is 0. The molecule has 2 aromatic heterocycles. The van der Waals surface area contributed by atoms with Crippen molar-refractivity contribution in [2.45, 2.75) is 9.92 Å². The number of aromatic nitrogens is 3.